The number of aliphatic hydroxyl groups is 1. The number of nitrogens with zero attached hydrogens (tertiary/aromatic N) is 1. The summed E-state index contributed by atoms with van der Waals surface area (Å²) in [4.78, 5) is 14.1. The minimum atomic E-state index is -0.336. The number of aliphatic hydroxyl groups excluding tert-OH is 1. The van der Waals surface area contributed by atoms with Gasteiger partial charge in [0.05, 0.1) is 0 Å². The van der Waals surface area contributed by atoms with Crippen LogP contribution >= 0.6 is 0 Å². The van der Waals surface area contributed by atoms with Crippen molar-refractivity contribution in [3.05, 3.63) is 35.6 Å². The van der Waals surface area contributed by atoms with E-state index in [1.807, 2.05) is 4.90 Å². The van der Waals surface area contributed by atoms with Crippen LogP contribution in [0.25, 0.3) is 0 Å². The average Bonchev–Trinajstić information content (AvgIpc) is 2.32. The minimum absolute atomic E-state index is 0.0619. The second kappa shape index (κ2) is 5.96. The highest BCUT2D eigenvalue weighted by Gasteiger charge is 2.28. The van der Waals surface area contributed by atoms with Crippen LogP contribution in [0.3, 0.4) is 0 Å². The Morgan fingerprint density at radius 3 is 2.50 bits per heavy atom. The first-order chi connectivity index (χ1) is 8.72. The number of rotatable bonds is 5. The normalized spacial score (nSPS) is 15.2. The molecule has 0 atom stereocenters. The molecule has 2 rings (SSSR count). The fraction of sp³-hybridized carbons (Fsp3) is 0.500. The van der Waals surface area contributed by atoms with Crippen molar-refractivity contribution in [1.82, 2.24) is 4.90 Å². The van der Waals surface area contributed by atoms with Crippen molar-refractivity contribution in [2.24, 2.45) is 0 Å². The molecule has 1 aliphatic rings. The number of carbonyl (C=O) groups is 1. The fourth-order valence-corrected chi connectivity index (χ4v) is 2.15. The Kier molecular flexibility index (Phi) is 4.31. The number of benzene rings is 1. The van der Waals surface area contributed by atoms with Crippen LogP contribution < -0.4 is 0 Å². The minimum Gasteiger partial charge on any atom is -0.396 e. The summed E-state index contributed by atoms with van der Waals surface area (Å²) < 4.78 is 12.8. The van der Waals surface area contributed by atoms with E-state index >= 15 is 0 Å². The third-order valence-electron chi connectivity index (χ3n) is 3.42. The van der Waals surface area contributed by atoms with Crippen LogP contribution in [0.15, 0.2) is 24.3 Å². The van der Waals surface area contributed by atoms with Gasteiger partial charge in [0.25, 0.3) is 5.91 Å². The van der Waals surface area contributed by atoms with E-state index in [2.05, 4.69) is 0 Å². The molecule has 1 amide bonds. The highest BCUT2D eigenvalue weighted by Crippen LogP contribution is 2.26. The van der Waals surface area contributed by atoms with Gasteiger partial charge in [0.2, 0.25) is 0 Å². The molecule has 1 fully saturated rings. The second-order valence-corrected chi connectivity index (χ2v) is 4.67. The second-order valence-electron chi connectivity index (χ2n) is 4.67. The lowest BCUT2D eigenvalue weighted by Gasteiger charge is -2.37. The summed E-state index contributed by atoms with van der Waals surface area (Å²) in [6, 6.07) is 5.93. The van der Waals surface area contributed by atoms with Crippen molar-refractivity contribution in [3.8, 4) is 0 Å². The van der Waals surface area contributed by atoms with Crippen LogP contribution in [0.1, 0.15) is 36.0 Å². The molecular formula is C14H18FNO2. The molecule has 98 valence electrons. The molecule has 0 unspecified atom stereocenters. The molecule has 0 bridgehead atoms. The largest absolute Gasteiger partial charge is 0.396 e. The Bertz CT molecular complexity index is 401. The van der Waals surface area contributed by atoms with Crippen LogP contribution in [0, 0.1) is 5.82 Å². The van der Waals surface area contributed by atoms with Crippen molar-refractivity contribution in [2.75, 3.05) is 13.2 Å². The average molecular weight is 251 g/mol. The first kappa shape index (κ1) is 13.0. The van der Waals surface area contributed by atoms with Gasteiger partial charge in [-0.25, -0.2) is 4.39 Å². The first-order valence-corrected chi connectivity index (χ1v) is 6.40. The fourth-order valence-electron chi connectivity index (χ4n) is 2.15. The molecule has 1 aliphatic carbocycles. The molecule has 0 saturated heterocycles. The van der Waals surface area contributed by atoms with E-state index in [0.717, 1.165) is 19.3 Å². The lowest BCUT2D eigenvalue weighted by atomic mass is 9.90. The molecule has 1 N–H and O–H groups in total. The van der Waals surface area contributed by atoms with E-state index < -0.39 is 0 Å². The van der Waals surface area contributed by atoms with Crippen molar-refractivity contribution in [1.29, 1.82) is 0 Å². The smallest absolute Gasteiger partial charge is 0.254 e. The van der Waals surface area contributed by atoms with Crippen LogP contribution in [-0.2, 0) is 0 Å². The van der Waals surface area contributed by atoms with Crippen molar-refractivity contribution < 1.29 is 14.3 Å². The van der Waals surface area contributed by atoms with Gasteiger partial charge in [0, 0.05) is 24.8 Å². The van der Waals surface area contributed by atoms with Crippen LogP contribution in [0.4, 0.5) is 4.39 Å². The van der Waals surface area contributed by atoms with Crippen molar-refractivity contribution in [2.45, 2.75) is 31.7 Å². The number of hydrogen-bond acceptors (Lipinski definition) is 2. The van der Waals surface area contributed by atoms with Crippen molar-refractivity contribution in [3.63, 3.8) is 0 Å². The highest BCUT2D eigenvalue weighted by molar-refractivity contribution is 5.94. The SMILES string of the molecule is O=C(c1ccc(F)cc1)N(CCCO)C1CCC1. The Hall–Kier alpha value is -1.42. The zero-order valence-corrected chi connectivity index (χ0v) is 10.3. The molecule has 3 nitrogen and oxygen atoms in total. The molecule has 1 saturated carbocycles. The maximum atomic E-state index is 12.8. The summed E-state index contributed by atoms with van der Waals surface area (Å²) in [5.74, 6) is -0.398. The van der Waals surface area contributed by atoms with E-state index in [-0.39, 0.29) is 24.4 Å². The van der Waals surface area contributed by atoms with Crippen molar-refractivity contribution >= 4 is 5.91 Å². The summed E-state index contributed by atoms with van der Waals surface area (Å²) in [5, 5.41) is 8.89. The van der Waals surface area contributed by atoms with Gasteiger partial charge < -0.3 is 10.0 Å². The molecule has 0 aromatic heterocycles. The summed E-state index contributed by atoms with van der Waals surface area (Å²) in [6.45, 7) is 0.650. The third-order valence-corrected chi connectivity index (χ3v) is 3.42. The van der Waals surface area contributed by atoms with Gasteiger partial charge >= 0.3 is 0 Å². The molecule has 1 aromatic rings. The zero-order valence-electron chi connectivity index (χ0n) is 10.3. The lowest BCUT2D eigenvalue weighted by Crippen LogP contribution is -2.44. The lowest BCUT2D eigenvalue weighted by molar-refractivity contribution is 0.0562. The first-order valence-electron chi connectivity index (χ1n) is 6.40. The Labute approximate surface area is 106 Å². The quantitative estimate of drug-likeness (QED) is 0.871. The van der Waals surface area contributed by atoms with Crippen LogP contribution in [0.5, 0.6) is 0 Å². The van der Waals surface area contributed by atoms with Gasteiger partial charge in [-0.05, 0) is 49.9 Å². The van der Waals surface area contributed by atoms with Gasteiger partial charge in [0.1, 0.15) is 5.82 Å². The summed E-state index contributed by atoms with van der Waals surface area (Å²) >= 11 is 0. The molecule has 18 heavy (non-hydrogen) atoms. The number of hydrogen-bond donors (Lipinski definition) is 1. The number of amides is 1. The van der Waals surface area contributed by atoms with E-state index in [1.54, 1.807) is 0 Å². The zero-order chi connectivity index (χ0) is 13.0. The highest BCUT2D eigenvalue weighted by atomic mass is 19.1. The molecule has 0 heterocycles. The van der Waals surface area contributed by atoms with Gasteiger partial charge in [-0.15, -0.1) is 0 Å². The molecule has 0 aliphatic heterocycles. The maximum Gasteiger partial charge on any atom is 0.254 e. The van der Waals surface area contributed by atoms with E-state index in [4.69, 9.17) is 5.11 Å². The Balaban J connectivity index is 2.08. The predicted molar refractivity (Wildman–Crippen MR) is 66.8 cm³/mol. The van der Waals surface area contributed by atoms with E-state index in [1.165, 1.54) is 24.3 Å². The van der Waals surface area contributed by atoms with Gasteiger partial charge in [0.15, 0.2) is 0 Å². The van der Waals surface area contributed by atoms with Gasteiger partial charge in [-0.1, -0.05) is 0 Å². The number of carbonyl (C=O) groups excluding carboxylic acids is 1. The molecule has 0 spiro atoms. The predicted octanol–water partition coefficient (Wildman–Crippen LogP) is 2.20. The monoisotopic (exact) mass is 251 g/mol. The summed E-state index contributed by atoms with van der Waals surface area (Å²) in [5.41, 5.74) is 0.515. The molecular weight excluding hydrogens is 233 g/mol. The van der Waals surface area contributed by atoms with Crippen LogP contribution in [0.2, 0.25) is 0 Å². The Morgan fingerprint density at radius 1 is 1.33 bits per heavy atom. The van der Waals surface area contributed by atoms with Gasteiger partial charge in [-0.2, -0.15) is 0 Å². The van der Waals surface area contributed by atoms with Gasteiger partial charge in [-0.3, -0.25) is 4.79 Å². The van der Waals surface area contributed by atoms with Crippen LogP contribution in [-0.4, -0.2) is 35.1 Å². The molecule has 0 radical (unpaired) electrons. The Morgan fingerprint density at radius 2 is 2.00 bits per heavy atom. The van der Waals surface area contributed by atoms with E-state index in [9.17, 15) is 9.18 Å². The summed E-state index contributed by atoms with van der Waals surface area (Å²) in [6.07, 6.45) is 3.79. The van der Waals surface area contributed by atoms with E-state index in [0.29, 0.717) is 18.5 Å². The number of halogens is 1. The molecule has 1 aromatic carbocycles. The summed E-state index contributed by atoms with van der Waals surface area (Å²) in [7, 11) is 0. The topological polar surface area (TPSA) is 40.5 Å². The maximum absolute atomic E-state index is 12.8. The standard InChI is InChI=1S/C14H18FNO2/c15-12-7-5-11(6-8-12)14(18)16(9-2-10-17)13-3-1-4-13/h5-8,13,17H,1-4,9-10H2. The molecule has 4 heteroatoms. The third kappa shape index (κ3) is 2.88.